The number of amides is 1. The van der Waals surface area contributed by atoms with Crippen molar-refractivity contribution in [1.29, 1.82) is 5.26 Å². The van der Waals surface area contributed by atoms with Crippen LogP contribution >= 0.6 is 0 Å². The fourth-order valence-corrected chi connectivity index (χ4v) is 4.76. The first kappa shape index (κ1) is 22.1. The minimum absolute atomic E-state index is 0.0570. The average Bonchev–Trinajstić information content (AvgIpc) is 3.28. The van der Waals surface area contributed by atoms with E-state index in [0.29, 0.717) is 23.9 Å². The van der Waals surface area contributed by atoms with Crippen molar-refractivity contribution in [1.82, 2.24) is 9.88 Å². The van der Waals surface area contributed by atoms with Crippen LogP contribution in [0, 0.1) is 11.3 Å². The standard InChI is InChI=1S/C25H31N5O2/c1-17(2)24-19-8-6-7-18(19)20(15-26)25(28-24)30-13-11-29(12-14-30)16-23(31)27-21-9-4-5-10-22(21)32-3/h4-5,9-10,17H,6-8,11-14,16H2,1-3H3,(H,27,31). The van der Waals surface area contributed by atoms with Crippen LogP contribution in [0.25, 0.3) is 0 Å². The average molecular weight is 434 g/mol. The molecule has 2 aromatic rings. The fraction of sp³-hybridized carbons (Fsp3) is 0.480. The molecule has 7 nitrogen and oxygen atoms in total. The molecule has 1 fully saturated rings. The number of nitrogens with zero attached hydrogens (tertiary/aromatic N) is 4. The Bertz CT molecular complexity index is 1040. The Hall–Kier alpha value is -3.11. The number of nitriles is 1. The molecule has 1 aliphatic carbocycles. The molecule has 1 aromatic heterocycles. The molecule has 2 heterocycles. The molecular formula is C25H31N5O2. The number of methoxy groups -OCH3 is 1. The third-order valence-corrected chi connectivity index (χ3v) is 6.36. The van der Waals surface area contributed by atoms with Crippen LogP contribution in [0.5, 0.6) is 5.75 Å². The van der Waals surface area contributed by atoms with Gasteiger partial charge in [-0.3, -0.25) is 9.69 Å². The Kier molecular flexibility index (Phi) is 6.61. The molecule has 1 N–H and O–H groups in total. The lowest BCUT2D eigenvalue weighted by Crippen LogP contribution is -2.49. The summed E-state index contributed by atoms with van der Waals surface area (Å²) in [6.45, 7) is 7.68. The second kappa shape index (κ2) is 9.58. The van der Waals surface area contributed by atoms with Gasteiger partial charge >= 0.3 is 0 Å². The van der Waals surface area contributed by atoms with Crippen molar-refractivity contribution in [2.24, 2.45) is 0 Å². The molecule has 0 bridgehead atoms. The Morgan fingerprint density at radius 3 is 2.59 bits per heavy atom. The molecule has 2 aliphatic rings. The maximum atomic E-state index is 12.6. The summed E-state index contributed by atoms with van der Waals surface area (Å²) in [5, 5.41) is 12.8. The number of carbonyl (C=O) groups excluding carboxylic acids is 1. The van der Waals surface area contributed by atoms with Crippen LogP contribution in [-0.4, -0.2) is 55.6 Å². The predicted octanol–water partition coefficient (Wildman–Crippen LogP) is 3.33. The van der Waals surface area contributed by atoms with Gasteiger partial charge in [-0.2, -0.15) is 5.26 Å². The zero-order valence-corrected chi connectivity index (χ0v) is 19.1. The van der Waals surface area contributed by atoms with E-state index in [4.69, 9.17) is 9.72 Å². The first-order chi connectivity index (χ1) is 15.5. The smallest absolute Gasteiger partial charge is 0.238 e. The minimum atomic E-state index is -0.0570. The first-order valence-electron chi connectivity index (χ1n) is 11.4. The number of fused-ring (bicyclic) bond motifs is 1. The predicted molar refractivity (Wildman–Crippen MR) is 125 cm³/mol. The SMILES string of the molecule is COc1ccccc1NC(=O)CN1CCN(c2nc(C(C)C)c3c(c2C#N)CCC3)CC1. The molecule has 168 valence electrons. The number of hydrogen-bond acceptors (Lipinski definition) is 6. The van der Waals surface area contributed by atoms with Crippen molar-refractivity contribution >= 4 is 17.4 Å². The highest BCUT2D eigenvalue weighted by Crippen LogP contribution is 2.35. The number of para-hydroxylation sites is 2. The van der Waals surface area contributed by atoms with Gasteiger partial charge in [-0.05, 0) is 48.4 Å². The van der Waals surface area contributed by atoms with E-state index in [0.717, 1.165) is 62.5 Å². The van der Waals surface area contributed by atoms with E-state index in [1.165, 1.54) is 11.1 Å². The fourth-order valence-electron chi connectivity index (χ4n) is 4.76. The van der Waals surface area contributed by atoms with Crippen LogP contribution in [0.2, 0.25) is 0 Å². The van der Waals surface area contributed by atoms with Crippen molar-refractivity contribution in [3.05, 3.63) is 46.6 Å². The van der Waals surface area contributed by atoms with E-state index in [9.17, 15) is 10.1 Å². The van der Waals surface area contributed by atoms with Crippen LogP contribution in [0.3, 0.4) is 0 Å². The number of piperazine rings is 1. The lowest BCUT2D eigenvalue weighted by Gasteiger charge is -2.36. The molecule has 1 aromatic carbocycles. The van der Waals surface area contributed by atoms with Crippen molar-refractivity contribution in [2.75, 3.05) is 50.1 Å². The number of hydrogen-bond donors (Lipinski definition) is 1. The van der Waals surface area contributed by atoms with Gasteiger partial charge in [-0.1, -0.05) is 26.0 Å². The number of pyridine rings is 1. The summed E-state index contributed by atoms with van der Waals surface area (Å²) in [5.74, 6) is 1.76. The van der Waals surface area contributed by atoms with Crippen molar-refractivity contribution in [3.63, 3.8) is 0 Å². The first-order valence-corrected chi connectivity index (χ1v) is 11.4. The van der Waals surface area contributed by atoms with Gasteiger partial charge in [-0.15, -0.1) is 0 Å². The van der Waals surface area contributed by atoms with Crippen LogP contribution in [0.1, 0.15) is 48.6 Å². The third-order valence-electron chi connectivity index (χ3n) is 6.36. The molecule has 0 spiro atoms. The molecule has 32 heavy (non-hydrogen) atoms. The number of carbonyl (C=O) groups is 1. The number of anilines is 2. The molecule has 0 unspecified atom stereocenters. The Balaban J connectivity index is 1.42. The van der Waals surface area contributed by atoms with Gasteiger partial charge < -0.3 is 15.0 Å². The lowest BCUT2D eigenvalue weighted by molar-refractivity contribution is -0.117. The van der Waals surface area contributed by atoms with Gasteiger partial charge in [0.2, 0.25) is 5.91 Å². The number of nitrogens with one attached hydrogen (secondary N) is 1. The van der Waals surface area contributed by atoms with Gasteiger partial charge in [0.25, 0.3) is 0 Å². The van der Waals surface area contributed by atoms with E-state index in [1.54, 1.807) is 7.11 Å². The second-order valence-corrected chi connectivity index (χ2v) is 8.78. The monoisotopic (exact) mass is 433 g/mol. The van der Waals surface area contributed by atoms with Crippen LogP contribution < -0.4 is 15.0 Å². The molecule has 4 rings (SSSR count). The summed E-state index contributed by atoms with van der Waals surface area (Å²) in [4.78, 5) is 21.9. The van der Waals surface area contributed by atoms with E-state index >= 15 is 0 Å². The molecular weight excluding hydrogens is 402 g/mol. The maximum Gasteiger partial charge on any atom is 0.238 e. The Morgan fingerprint density at radius 1 is 1.19 bits per heavy atom. The topological polar surface area (TPSA) is 81.5 Å². The van der Waals surface area contributed by atoms with E-state index < -0.39 is 0 Å². The van der Waals surface area contributed by atoms with Crippen LogP contribution in [0.15, 0.2) is 24.3 Å². The van der Waals surface area contributed by atoms with E-state index in [1.807, 2.05) is 24.3 Å². The van der Waals surface area contributed by atoms with E-state index in [2.05, 4.69) is 35.0 Å². The summed E-state index contributed by atoms with van der Waals surface area (Å²) in [7, 11) is 1.59. The highest BCUT2D eigenvalue weighted by Gasteiger charge is 2.28. The number of rotatable bonds is 6. The zero-order chi connectivity index (χ0) is 22.7. The molecule has 0 radical (unpaired) electrons. The largest absolute Gasteiger partial charge is 0.495 e. The summed E-state index contributed by atoms with van der Waals surface area (Å²) in [6, 6.07) is 9.86. The van der Waals surface area contributed by atoms with E-state index in [-0.39, 0.29) is 5.91 Å². The quantitative estimate of drug-likeness (QED) is 0.753. The van der Waals surface area contributed by atoms with Gasteiger partial charge in [0, 0.05) is 31.9 Å². The third kappa shape index (κ3) is 4.42. The molecule has 7 heteroatoms. The summed E-state index contributed by atoms with van der Waals surface area (Å²) >= 11 is 0. The number of ether oxygens (including phenoxy) is 1. The molecule has 1 saturated heterocycles. The van der Waals surface area contributed by atoms with Crippen LogP contribution in [-0.2, 0) is 17.6 Å². The van der Waals surface area contributed by atoms with Crippen molar-refractivity contribution in [2.45, 2.75) is 39.0 Å². The van der Waals surface area contributed by atoms with Crippen LogP contribution in [0.4, 0.5) is 11.5 Å². The maximum absolute atomic E-state index is 12.6. The highest BCUT2D eigenvalue weighted by molar-refractivity contribution is 5.93. The Labute approximate surface area is 190 Å². The van der Waals surface area contributed by atoms with Gasteiger partial charge in [0.05, 0.1) is 24.9 Å². The van der Waals surface area contributed by atoms with Crippen molar-refractivity contribution in [3.8, 4) is 11.8 Å². The summed E-state index contributed by atoms with van der Waals surface area (Å²) in [5.41, 5.74) is 5.09. The molecule has 0 atom stereocenters. The Morgan fingerprint density at radius 2 is 1.91 bits per heavy atom. The van der Waals surface area contributed by atoms with Gasteiger partial charge in [-0.25, -0.2) is 4.98 Å². The molecule has 0 saturated carbocycles. The summed E-state index contributed by atoms with van der Waals surface area (Å²) < 4.78 is 5.31. The van der Waals surface area contributed by atoms with Gasteiger partial charge in [0.15, 0.2) is 0 Å². The highest BCUT2D eigenvalue weighted by atomic mass is 16.5. The normalized spacial score (nSPS) is 16.0. The lowest BCUT2D eigenvalue weighted by atomic mass is 9.97. The summed E-state index contributed by atoms with van der Waals surface area (Å²) in [6.07, 6.45) is 3.10. The molecule has 1 aliphatic heterocycles. The molecule has 1 amide bonds. The second-order valence-electron chi connectivity index (χ2n) is 8.78. The number of aromatic nitrogens is 1. The zero-order valence-electron chi connectivity index (χ0n) is 19.1. The van der Waals surface area contributed by atoms with Gasteiger partial charge in [0.1, 0.15) is 17.6 Å². The number of benzene rings is 1. The minimum Gasteiger partial charge on any atom is -0.495 e. The van der Waals surface area contributed by atoms with Crippen molar-refractivity contribution < 1.29 is 9.53 Å².